The molecule has 1 aromatic heterocycles. The van der Waals surface area contributed by atoms with Gasteiger partial charge < -0.3 is 9.47 Å². The topological polar surface area (TPSA) is 61.3 Å². The summed E-state index contributed by atoms with van der Waals surface area (Å²) in [6.07, 6.45) is -4.77. The normalized spacial score (nSPS) is 11.3. The van der Waals surface area contributed by atoms with Gasteiger partial charge >= 0.3 is 12.1 Å². The Kier molecular flexibility index (Phi) is 4.98. The second-order valence-corrected chi connectivity index (χ2v) is 5.24. The molecule has 0 saturated carbocycles. The number of para-hydroxylation sites is 1. The van der Waals surface area contributed by atoms with E-state index in [9.17, 15) is 18.0 Å². The van der Waals surface area contributed by atoms with Gasteiger partial charge in [0.1, 0.15) is 5.56 Å². The monoisotopic (exact) mass is 360 g/mol. The number of hydrogen-bond donors (Lipinski definition) is 0. The van der Waals surface area contributed by atoms with E-state index in [4.69, 9.17) is 16.3 Å². The number of carbonyl (C=O) groups excluding carboxylic acids is 1. The van der Waals surface area contributed by atoms with Crippen molar-refractivity contribution in [3.63, 3.8) is 0 Å². The number of esters is 1. The van der Waals surface area contributed by atoms with Crippen LogP contribution in [0.4, 0.5) is 13.2 Å². The Hall–Kier alpha value is -2.35. The summed E-state index contributed by atoms with van der Waals surface area (Å²) in [6, 6.07) is 4.89. The average Bonchev–Trinajstić information content (AvgIpc) is 2.49. The van der Waals surface area contributed by atoms with E-state index in [2.05, 4.69) is 14.9 Å². The van der Waals surface area contributed by atoms with Crippen LogP contribution in [0.1, 0.15) is 27.2 Å². The number of aryl methyl sites for hydroxylation is 1. The Morgan fingerprint density at radius 2 is 1.88 bits per heavy atom. The van der Waals surface area contributed by atoms with Crippen LogP contribution in [0.2, 0.25) is 5.02 Å². The largest absolute Gasteiger partial charge is 0.465 e. The van der Waals surface area contributed by atoms with Crippen molar-refractivity contribution in [1.82, 2.24) is 10.2 Å². The second-order valence-electron chi connectivity index (χ2n) is 4.83. The molecule has 0 unspecified atom stereocenters. The predicted octanol–water partition coefficient (Wildman–Crippen LogP) is 4.34. The van der Waals surface area contributed by atoms with Gasteiger partial charge in [-0.05, 0) is 25.5 Å². The standard InChI is InChI=1S/C15H12ClF3N2O3/c1-7-5-4-6-9(16)11(7)24-13-10(14(22)23-3)8(2)12(20-21-13)15(17,18)19/h4-6H,1-3H3. The summed E-state index contributed by atoms with van der Waals surface area (Å²) in [6.45, 7) is 2.78. The third-order valence-electron chi connectivity index (χ3n) is 3.21. The van der Waals surface area contributed by atoms with Crippen LogP contribution in [-0.4, -0.2) is 23.3 Å². The van der Waals surface area contributed by atoms with E-state index in [1.54, 1.807) is 19.1 Å². The molecular formula is C15H12ClF3N2O3. The molecule has 5 nitrogen and oxygen atoms in total. The molecular weight excluding hydrogens is 349 g/mol. The van der Waals surface area contributed by atoms with Gasteiger partial charge in [0.25, 0.3) is 5.88 Å². The van der Waals surface area contributed by atoms with Gasteiger partial charge in [-0.15, -0.1) is 10.2 Å². The van der Waals surface area contributed by atoms with Crippen LogP contribution >= 0.6 is 11.6 Å². The van der Waals surface area contributed by atoms with E-state index in [0.29, 0.717) is 5.56 Å². The zero-order valence-electron chi connectivity index (χ0n) is 12.9. The number of hydrogen-bond acceptors (Lipinski definition) is 5. The minimum Gasteiger partial charge on any atom is -0.465 e. The van der Waals surface area contributed by atoms with Crippen molar-refractivity contribution in [3.05, 3.63) is 45.6 Å². The Morgan fingerprint density at radius 1 is 1.21 bits per heavy atom. The van der Waals surface area contributed by atoms with E-state index >= 15 is 0 Å². The van der Waals surface area contributed by atoms with E-state index in [0.717, 1.165) is 14.0 Å². The maximum atomic E-state index is 13.0. The van der Waals surface area contributed by atoms with E-state index in [-0.39, 0.29) is 10.8 Å². The second kappa shape index (κ2) is 6.64. The van der Waals surface area contributed by atoms with Crippen LogP contribution < -0.4 is 4.74 Å². The van der Waals surface area contributed by atoms with Crippen LogP contribution in [0.3, 0.4) is 0 Å². The van der Waals surface area contributed by atoms with E-state index in [1.165, 1.54) is 6.07 Å². The number of rotatable bonds is 3. The summed E-state index contributed by atoms with van der Waals surface area (Å²) in [7, 11) is 1.04. The van der Waals surface area contributed by atoms with Crippen molar-refractivity contribution in [2.75, 3.05) is 7.11 Å². The van der Waals surface area contributed by atoms with E-state index in [1.807, 2.05) is 0 Å². The smallest absolute Gasteiger partial charge is 0.435 e. The highest BCUT2D eigenvalue weighted by Gasteiger charge is 2.38. The third kappa shape index (κ3) is 3.43. The number of nitrogens with zero attached hydrogens (tertiary/aromatic N) is 2. The summed E-state index contributed by atoms with van der Waals surface area (Å²) in [5.41, 5.74) is -1.58. The number of carbonyl (C=O) groups is 1. The summed E-state index contributed by atoms with van der Waals surface area (Å²) in [4.78, 5) is 11.9. The van der Waals surface area contributed by atoms with Crippen LogP contribution in [0.15, 0.2) is 18.2 Å². The molecule has 2 aromatic rings. The first kappa shape index (κ1) is 18.0. The van der Waals surface area contributed by atoms with Crippen molar-refractivity contribution in [3.8, 4) is 11.6 Å². The summed E-state index contributed by atoms with van der Waals surface area (Å²) < 4.78 is 48.9. The van der Waals surface area contributed by atoms with Gasteiger partial charge in [-0.25, -0.2) is 4.79 Å². The Bertz CT molecular complexity index is 774. The van der Waals surface area contributed by atoms with Gasteiger partial charge in [0.15, 0.2) is 11.4 Å². The van der Waals surface area contributed by atoms with E-state index < -0.39 is 34.8 Å². The van der Waals surface area contributed by atoms with Crippen molar-refractivity contribution in [1.29, 1.82) is 0 Å². The van der Waals surface area contributed by atoms with Crippen molar-refractivity contribution >= 4 is 17.6 Å². The average molecular weight is 361 g/mol. The molecule has 0 aliphatic carbocycles. The van der Waals surface area contributed by atoms with Crippen LogP contribution in [-0.2, 0) is 10.9 Å². The number of methoxy groups -OCH3 is 1. The highest BCUT2D eigenvalue weighted by atomic mass is 35.5. The molecule has 0 radical (unpaired) electrons. The van der Waals surface area contributed by atoms with Crippen molar-refractivity contribution in [2.45, 2.75) is 20.0 Å². The van der Waals surface area contributed by atoms with Crippen LogP contribution in [0.5, 0.6) is 11.6 Å². The lowest BCUT2D eigenvalue weighted by Gasteiger charge is -2.15. The summed E-state index contributed by atoms with van der Waals surface area (Å²) in [5, 5.41) is 6.75. The lowest BCUT2D eigenvalue weighted by Crippen LogP contribution is -2.17. The van der Waals surface area contributed by atoms with Gasteiger partial charge in [-0.1, -0.05) is 23.7 Å². The maximum Gasteiger partial charge on any atom is 0.435 e. The molecule has 1 heterocycles. The quantitative estimate of drug-likeness (QED) is 0.762. The predicted molar refractivity (Wildman–Crippen MR) is 79.4 cm³/mol. The number of benzene rings is 1. The SMILES string of the molecule is COC(=O)c1c(Oc2c(C)cccc2Cl)nnc(C(F)(F)F)c1C. The first-order valence-electron chi connectivity index (χ1n) is 6.62. The van der Waals surface area contributed by atoms with Gasteiger partial charge in [-0.2, -0.15) is 13.2 Å². The Balaban J connectivity index is 2.62. The first-order chi connectivity index (χ1) is 11.2. The van der Waals surface area contributed by atoms with Crippen molar-refractivity contribution in [2.24, 2.45) is 0 Å². The van der Waals surface area contributed by atoms with Gasteiger partial charge in [0, 0.05) is 5.56 Å². The molecule has 1 aromatic carbocycles. The highest BCUT2D eigenvalue weighted by molar-refractivity contribution is 6.32. The highest BCUT2D eigenvalue weighted by Crippen LogP contribution is 2.37. The zero-order chi connectivity index (χ0) is 18.1. The van der Waals surface area contributed by atoms with Crippen LogP contribution in [0, 0.1) is 13.8 Å². The molecule has 0 fully saturated rings. The lowest BCUT2D eigenvalue weighted by molar-refractivity contribution is -0.142. The molecule has 0 saturated heterocycles. The zero-order valence-corrected chi connectivity index (χ0v) is 13.6. The molecule has 0 aliphatic rings. The fraction of sp³-hybridized carbons (Fsp3) is 0.267. The number of alkyl halides is 3. The van der Waals surface area contributed by atoms with Crippen LogP contribution in [0.25, 0.3) is 0 Å². The fourth-order valence-electron chi connectivity index (χ4n) is 2.03. The number of halogens is 4. The van der Waals surface area contributed by atoms with Gasteiger partial charge in [0.05, 0.1) is 12.1 Å². The third-order valence-corrected chi connectivity index (χ3v) is 3.50. The fourth-order valence-corrected chi connectivity index (χ4v) is 2.29. The molecule has 0 atom stereocenters. The minimum atomic E-state index is -4.77. The maximum absolute atomic E-state index is 13.0. The number of aromatic nitrogens is 2. The van der Waals surface area contributed by atoms with Gasteiger partial charge in [0.2, 0.25) is 0 Å². The molecule has 128 valence electrons. The molecule has 24 heavy (non-hydrogen) atoms. The first-order valence-corrected chi connectivity index (χ1v) is 7.00. The Morgan fingerprint density at radius 3 is 2.42 bits per heavy atom. The summed E-state index contributed by atoms with van der Waals surface area (Å²) >= 11 is 6.02. The molecule has 0 amide bonds. The minimum absolute atomic E-state index is 0.165. The molecule has 0 aliphatic heterocycles. The Labute approximate surface area is 140 Å². The molecule has 0 N–H and O–H groups in total. The summed E-state index contributed by atoms with van der Waals surface area (Å²) in [5.74, 6) is -1.27. The molecule has 2 rings (SSSR count). The van der Waals surface area contributed by atoms with Crippen molar-refractivity contribution < 1.29 is 27.4 Å². The molecule has 9 heteroatoms. The lowest BCUT2D eigenvalue weighted by atomic mass is 10.1. The van der Waals surface area contributed by atoms with Gasteiger partial charge in [-0.3, -0.25) is 0 Å². The number of ether oxygens (including phenoxy) is 2. The molecule has 0 spiro atoms. The molecule has 0 bridgehead atoms.